The van der Waals surface area contributed by atoms with Crippen LogP contribution in [-0.4, -0.2) is 61.7 Å². The van der Waals surface area contributed by atoms with Gasteiger partial charge in [0.1, 0.15) is 0 Å². The van der Waals surface area contributed by atoms with E-state index in [0.717, 1.165) is 6.26 Å². The van der Waals surface area contributed by atoms with Crippen LogP contribution in [-0.2, 0) is 14.6 Å². The van der Waals surface area contributed by atoms with E-state index < -0.39 is 15.8 Å². The predicted octanol–water partition coefficient (Wildman–Crippen LogP) is 0.757. The number of rotatable bonds is 7. The lowest BCUT2D eigenvalue weighted by molar-refractivity contribution is -0.139. The summed E-state index contributed by atoms with van der Waals surface area (Å²) in [5.41, 5.74) is 0.406. The molecule has 1 aliphatic rings. The maximum Gasteiger partial charge on any atom is 0.317 e. The second kappa shape index (κ2) is 7.31. The molecule has 0 unspecified atom stereocenters. The van der Waals surface area contributed by atoms with E-state index in [1.807, 2.05) is 11.8 Å². The van der Waals surface area contributed by atoms with Gasteiger partial charge in [-0.3, -0.25) is 14.5 Å². The van der Waals surface area contributed by atoms with Crippen molar-refractivity contribution in [2.45, 2.75) is 36.7 Å². The monoisotopic (exact) mass is 354 g/mol. The number of nitrogens with zero attached hydrogens (tertiary/aromatic N) is 1. The molecule has 1 fully saturated rings. The Kier molecular flexibility index (Phi) is 5.61. The van der Waals surface area contributed by atoms with Gasteiger partial charge in [-0.2, -0.15) is 0 Å². The quantitative estimate of drug-likeness (QED) is 0.749. The summed E-state index contributed by atoms with van der Waals surface area (Å²) < 4.78 is 22.8. The number of carboxylic acid groups (broad SMARTS) is 1. The van der Waals surface area contributed by atoms with E-state index in [4.69, 9.17) is 5.11 Å². The van der Waals surface area contributed by atoms with Gasteiger partial charge in [0.25, 0.3) is 5.91 Å². The van der Waals surface area contributed by atoms with Gasteiger partial charge in [-0.05, 0) is 43.7 Å². The Morgan fingerprint density at radius 2 is 1.83 bits per heavy atom. The molecule has 1 aromatic carbocycles. The van der Waals surface area contributed by atoms with Crippen molar-refractivity contribution in [2.75, 3.05) is 19.3 Å². The smallest absolute Gasteiger partial charge is 0.317 e. The van der Waals surface area contributed by atoms with Crippen LogP contribution in [0, 0.1) is 0 Å². The summed E-state index contributed by atoms with van der Waals surface area (Å²) in [6.45, 7) is 2.58. The average molecular weight is 354 g/mol. The zero-order valence-electron chi connectivity index (χ0n) is 13.7. The van der Waals surface area contributed by atoms with Crippen LogP contribution in [0.25, 0.3) is 0 Å². The highest BCUT2D eigenvalue weighted by molar-refractivity contribution is 7.90. The fraction of sp³-hybridized carbons (Fsp3) is 0.500. The normalized spacial score (nSPS) is 20.5. The van der Waals surface area contributed by atoms with E-state index in [2.05, 4.69) is 5.32 Å². The lowest BCUT2D eigenvalue weighted by Gasteiger charge is -2.42. The van der Waals surface area contributed by atoms with E-state index in [1.54, 1.807) is 0 Å². The summed E-state index contributed by atoms with van der Waals surface area (Å²) in [6, 6.07) is 6.00. The molecule has 0 saturated heterocycles. The van der Waals surface area contributed by atoms with E-state index in [-0.39, 0.29) is 29.4 Å². The number of carbonyl (C=O) groups is 2. The first-order valence-corrected chi connectivity index (χ1v) is 9.66. The van der Waals surface area contributed by atoms with Gasteiger partial charge in [-0.15, -0.1) is 0 Å². The molecule has 8 heteroatoms. The van der Waals surface area contributed by atoms with Crippen LogP contribution in [0.2, 0.25) is 0 Å². The molecule has 0 aromatic heterocycles. The number of benzene rings is 1. The summed E-state index contributed by atoms with van der Waals surface area (Å²) in [7, 11) is -3.28. The van der Waals surface area contributed by atoms with Crippen molar-refractivity contribution in [2.24, 2.45) is 0 Å². The Balaban J connectivity index is 1.87. The zero-order chi connectivity index (χ0) is 17.9. The van der Waals surface area contributed by atoms with E-state index >= 15 is 0 Å². The minimum atomic E-state index is -3.28. The van der Waals surface area contributed by atoms with Crippen molar-refractivity contribution >= 4 is 21.7 Å². The zero-order valence-corrected chi connectivity index (χ0v) is 14.5. The molecule has 0 heterocycles. The largest absolute Gasteiger partial charge is 0.480 e. The number of hydrogen-bond donors (Lipinski definition) is 2. The molecular weight excluding hydrogens is 332 g/mol. The number of carbonyl (C=O) groups excluding carboxylic acids is 1. The number of hydrogen-bond acceptors (Lipinski definition) is 5. The Labute approximate surface area is 141 Å². The van der Waals surface area contributed by atoms with Gasteiger partial charge < -0.3 is 10.4 Å². The highest BCUT2D eigenvalue weighted by Crippen LogP contribution is 2.26. The van der Waals surface area contributed by atoms with E-state index in [0.29, 0.717) is 24.9 Å². The van der Waals surface area contributed by atoms with Crippen molar-refractivity contribution in [3.05, 3.63) is 29.8 Å². The topological polar surface area (TPSA) is 104 Å². The third-order valence-electron chi connectivity index (χ3n) is 4.25. The first-order valence-electron chi connectivity index (χ1n) is 7.77. The summed E-state index contributed by atoms with van der Waals surface area (Å²) in [4.78, 5) is 25.0. The van der Waals surface area contributed by atoms with Gasteiger partial charge in [0, 0.05) is 23.9 Å². The van der Waals surface area contributed by atoms with Crippen LogP contribution < -0.4 is 5.32 Å². The molecule has 0 bridgehead atoms. The van der Waals surface area contributed by atoms with Crippen molar-refractivity contribution in [1.29, 1.82) is 0 Å². The van der Waals surface area contributed by atoms with Gasteiger partial charge >= 0.3 is 5.97 Å². The van der Waals surface area contributed by atoms with Gasteiger partial charge in [0.2, 0.25) is 0 Å². The Morgan fingerprint density at radius 3 is 2.29 bits per heavy atom. The van der Waals surface area contributed by atoms with Crippen molar-refractivity contribution in [3.8, 4) is 0 Å². The molecule has 2 rings (SSSR count). The van der Waals surface area contributed by atoms with Crippen LogP contribution in [0.1, 0.15) is 30.1 Å². The maximum atomic E-state index is 12.2. The Bertz CT molecular complexity index is 708. The summed E-state index contributed by atoms with van der Waals surface area (Å²) in [6.07, 6.45) is 2.55. The molecule has 7 nitrogen and oxygen atoms in total. The van der Waals surface area contributed by atoms with Crippen molar-refractivity contribution in [3.63, 3.8) is 0 Å². The number of likely N-dealkylation sites (N-methyl/N-ethyl adjacent to an activating group) is 1. The summed E-state index contributed by atoms with van der Waals surface area (Å²) in [5, 5.41) is 11.8. The minimum absolute atomic E-state index is 0.00872. The molecule has 0 radical (unpaired) electrons. The van der Waals surface area contributed by atoms with Gasteiger partial charge in [0.05, 0.1) is 11.4 Å². The Morgan fingerprint density at radius 1 is 1.25 bits per heavy atom. The van der Waals surface area contributed by atoms with Crippen LogP contribution in [0.4, 0.5) is 0 Å². The lowest BCUT2D eigenvalue weighted by atomic mass is 9.85. The van der Waals surface area contributed by atoms with E-state index in [1.165, 1.54) is 24.3 Å². The number of carboxylic acids is 1. The molecule has 132 valence electrons. The summed E-state index contributed by atoms with van der Waals surface area (Å²) in [5.74, 6) is -1.10. The molecule has 1 saturated carbocycles. The van der Waals surface area contributed by atoms with Crippen molar-refractivity contribution < 1.29 is 23.1 Å². The second-order valence-electron chi connectivity index (χ2n) is 6.05. The fourth-order valence-corrected chi connectivity index (χ4v) is 3.43. The third-order valence-corrected chi connectivity index (χ3v) is 5.38. The first-order chi connectivity index (χ1) is 11.2. The molecule has 0 spiro atoms. The van der Waals surface area contributed by atoms with Crippen LogP contribution in [0.15, 0.2) is 29.2 Å². The molecule has 1 amide bonds. The van der Waals surface area contributed by atoms with Gasteiger partial charge in [0.15, 0.2) is 9.84 Å². The second-order valence-corrected chi connectivity index (χ2v) is 8.06. The minimum Gasteiger partial charge on any atom is -0.480 e. The number of aliphatic carboxylic acids is 1. The van der Waals surface area contributed by atoms with Gasteiger partial charge in [-0.1, -0.05) is 6.92 Å². The fourth-order valence-electron chi connectivity index (χ4n) is 2.80. The average Bonchev–Trinajstić information content (AvgIpc) is 2.47. The van der Waals surface area contributed by atoms with Crippen molar-refractivity contribution in [1.82, 2.24) is 10.2 Å². The molecule has 1 aliphatic carbocycles. The predicted molar refractivity (Wildman–Crippen MR) is 88.7 cm³/mol. The number of sulfone groups is 1. The molecule has 0 atom stereocenters. The molecule has 1 aromatic rings. The Hall–Kier alpha value is -1.93. The van der Waals surface area contributed by atoms with Crippen LogP contribution >= 0.6 is 0 Å². The van der Waals surface area contributed by atoms with Crippen LogP contribution in [0.5, 0.6) is 0 Å². The molecule has 24 heavy (non-hydrogen) atoms. The third kappa shape index (κ3) is 4.55. The first kappa shape index (κ1) is 18.4. The summed E-state index contributed by atoms with van der Waals surface area (Å²) >= 11 is 0. The lowest BCUT2D eigenvalue weighted by Crippen LogP contribution is -2.54. The number of nitrogens with one attached hydrogen (secondary N) is 1. The van der Waals surface area contributed by atoms with E-state index in [9.17, 15) is 18.0 Å². The standard InChI is InChI=1S/C16H22N2O5S/c1-3-18(10-15(19)20)13-8-12(9-13)17-16(21)11-4-6-14(7-5-11)24(2,22)23/h4-7,12-13H,3,8-10H2,1-2H3,(H,17,21)(H,19,20). The highest BCUT2D eigenvalue weighted by atomic mass is 32.2. The number of amides is 1. The van der Waals surface area contributed by atoms with Gasteiger partial charge in [-0.25, -0.2) is 8.42 Å². The SMILES string of the molecule is CCN(CC(=O)O)C1CC(NC(=O)c2ccc(S(C)(=O)=O)cc2)C1. The maximum absolute atomic E-state index is 12.2. The molecule has 0 aliphatic heterocycles. The highest BCUT2D eigenvalue weighted by Gasteiger charge is 2.34. The van der Waals surface area contributed by atoms with Crippen LogP contribution in [0.3, 0.4) is 0 Å². The molecular formula is C16H22N2O5S. The molecule has 2 N–H and O–H groups in total.